The van der Waals surface area contributed by atoms with Crippen LogP contribution in [-0.2, 0) is 0 Å². The molecule has 0 aromatic heterocycles. The van der Waals surface area contributed by atoms with Crippen molar-refractivity contribution in [3.05, 3.63) is 12.7 Å². The molecule has 28 heavy (non-hydrogen) atoms. The van der Waals surface area contributed by atoms with E-state index in [1.807, 2.05) is 0 Å². The Kier molecular flexibility index (Phi) is 24.5. The van der Waals surface area contributed by atoms with Crippen LogP contribution in [-0.4, -0.2) is 0 Å². The van der Waals surface area contributed by atoms with Gasteiger partial charge >= 0.3 is 0 Å². The van der Waals surface area contributed by atoms with Crippen molar-refractivity contribution in [3.8, 4) is 0 Å². The average molecular weight is 393 g/mol. The zero-order valence-electron chi connectivity index (χ0n) is 20.1. The molecule has 0 spiro atoms. The van der Waals surface area contributed by atoms with E-state index in [0.29, 0.717) is 0 Å². The fourth-order valence-electron chi connectivity index (χ4n) is 4.32. The molecular weight excluding hydrogens is 336 g/mol. The van der Waals surface area contributed by atoms with Gasteiger partial charge in [-0.15, -0.1) is 6.58 Å². The molecule has 1 unspecified atom stereocenters. The van der Waals surface area contributed by atoms with E-state index in [1.165, 1.54) is 148 Å². The highest BCUT2D eigenvalue weighted by Crippen LogP contribution is 2.19. The number of allylic oxidation sites excluding steroid dienone is 1. The minimum atomic E-state index is 0.957. The van der Waals surface area contributed by atoms with Gasteiger partial charge < -0.3 is 0 Å². The van der Waals surface area contributed by atoms with Crippen LogP contribution in [0.1, 0.15) is 162 Å². The summed E-state index contributed by atoms with van der Waals surface area (Å²) in [6.45, 7) is 8.58. The predicted molar refractivity (Wildman–Crippen MR) is 131 cm³/mol. The highest BCUT2D eigenvalue weighted by Gasteiger charge is 2.02. The van der Waals surface area contributed by atoms with Crippen molar-refractivity contribution in [2.24, 2.45) is 5.92 Å². The quantitative estimate of drug-likeness (QED) is 0.113. The first-order chi connectivity index (χ1) is 13.8. The zero-order valence-corrected chi connectivity index (χ0v) is 20.1. The molecule has 0 bridgehead atoms. The Bertz CT molecular complexity index is 280. The lowest BCUT2D eigenvalue weighted by atomic mass is 9.95. The van der Waals surface area contributed by atoms with E-state index in [-0.39, 0.29) is 0 Å². The average Bonchev–Trinajstić information content (AvgIpc) is 2.70. The highest BCUT2D eigenvalue weighted by atomic mass is 14.1. The molecule has 0 aromatic carbocycles. The van der Waals surface area contributed by atoms with Crippen molar-refractivity contribution in [2.75, 3.05) is 0 Å². The molecule has 0 fully saturated rings. The minimum Gasteiger partial charge on any atom is -0.103 e. The molecule has 0 nitrogen and oxygen atoms in total. The summed E-state index contributed by atoms with van der Waals surface area (Å²) in [7, 11) is 0. The van der Waals surface area contributed by atoms with Crippen molar-refractivity contribution < 1.29 is 0 Å². The summed E-state index contributed by atoms with van der Waals surface area (Å²) in [5.41, 5.74) is 0. The molecule has 0 aliphatic heterocycles. The first-order valence-electron chi connectivity index (χ1n) is 13.4. The van der Waals surface area contributed by atoms with Gasteiger partial charge in [0.2, 0.25) is 0 Å². The van der Waals surface area contributed by atoms with E-state index >= 15 is 0 Å². The topological polar surface area (TPSA) is 0 Å². The van der Waals surface area contributed by atoms with Crippen LogP contribution < -0.4 is 0 Å². The van der Waals surface area contributed by atoms with Gasteiger partial charge in [0.1, 0.15) is 0 Å². The first kappa shape index (κ1) is 27.7. The van der Waals surface area contributed by atoms with Gasteiger partial charge in [0, 0.05) is 0 Å². The molecule has 0 N–H and O–H groups in total. The third kappa shape index (κ3) is 23.8. The lowest BCUT2D eigenvalue weighted by Crippen LogP contribution is -1.95. The molecule has 0 heterocycles. The van der Waals surface area contributed by atoms with Gasteiger partial charge in [-0.1, -0.05) is 155 Å². The Balaban J connectivity index is 3.12. The molecule has 0 aliphatic rings. The third-order valence-electron chi connectivity index (χ3n) is 6.41. The number of hydrogen-bond donors (Lipinski definition) is 0. The van der Waals surface area contributed by atoms with Crippen LogP contribution >= 0.6 is 0 Å². The molecule has 0 saturated heterocycles. The number of unbranched alkanes of at least 4 members (excludes halogenated alkanes) is 19. The number of hydrogen-bond acceptors (Lipinski definition) is 0. The fraction of sp³-hybridized carbons (Fsp3) is 0.929. The molecule has 168 valence electrons. The molecular formula is C28H56. The SMILES string of the molecule is C=CCCCCCCCCC(C)CCCCCCCCCCCCCCCC. The maximum atomic E-state index is 3.80. The highest BCUT2D eigenvalue weighted by molar-refractivity contribution is 4.65. The molecule has 0 amide bonds. The molecule has 0 aliphatic carbocycles. The van der Waals surface area contributed by atoms with E-state index in [2.05, 4.69) is 26.5 Å². The van der Waals surface area contributed by atoms with Crippen molar-refractivity contribution >= 4 is 0 Å². The maximum absolute atomic E-state index is 3.80. The fourth-order valence-corrected chi connectivity index (χ4v) is 4.32. The molecule has 0 aromatic rings. The van der Waals surface area contributed by atoms with Gasteiger partial charge in [-0.05, 0) is 18.8 Å². The largest absolute Gasteiger partial charge is 0.103 e. The van der Waals surface area contributed by atoms with Crippen LogP contribution in [0, 0.1) is 5.92 Å². The smallest absolute Gasteiger partial charge is 0.0353 e. The van der Waals surface area contributed by atoms with Crippen LogP contribution in [0.3, 0.4) is 0 Å². The minimum absolute atomic E-state index is 0.957. The Morgan fingerprint density at radius 1 is 0.500 bits per heavy atom. The second-order valence-corrected chi connectivity index (χ2v) is 9.48. The normalized spacial score (nSPS) is 12.4. The van der Waals surface area contributed by atoms with Gasteiger partial charge in [0.25, 0.3) is 0 Å². The zero-order chi connectivity index (χ0) is 20.5. The van der Waals surface area contributed by atoms with Gasteiger partial charge in [0.05, 0.1) is 0 Å². The van der Waals surface area contributed by atoms with Crippen molar-refractivity contribution in [1.82, 2.24) is 0 Å². The third-order valence-corrected chi connectivity index (χ3v) is 6.41. The molecule has 0 rings (SSSR count). The van der Waals surface area contributed by atoms with Crippen LogP contribution in [0.2, 0.25) is 0 Å². The van der Waals surface area contributed by atoms with Crippen LogP contribution in [0.4, 0.5) is 0 Å². The van der Waals surface area contributed by atoms with Crippen molar-refractivity contribution in [3.63, 3.8) is 0 Å². The summed E-state index contributed by atoms with van der Waals surface area (Å²) in [6.07, 6.45) is 35.3. The van der Waals surface area contributed by atoms with Gasteiger partial charge in [-0.3, -0.25) is 0 Å². The standard InChI is InChI=1S/C28H56/c1-4-6-8-10-12-14-15-16-17-18-19-21-23-25-27-28(3)26-24-22-20-13-11-9-7-5-2/h5,28H,2,4,6-27H2,1,3H3. The molecule has 0 radical (unpaired) electrons. The second kappa shape index (κ2) is 24.8. The summed E-state index contributed by atoms with van der Waals surface area (Å²) in [5.74, 6) is 0.957. The Labute approximate surface area is 180 Å². The molecule has 0 saturated carbocycles. The Morgan fingerprint density at radius 3 is 1.18 bits per heavy atom. The maximum Gasteiger partial charge on any atom is -0.0353 e. The summed E-state index contributed by atoms with van der Waals surface area (Å²) >= 11 is 0. The summed E-state index contributed by atoms with van der Waals surface area (Å²) in [4.78, 5) is 0. The van der Waals surface area contributed by atoms with Crippen LogP contribution in [0.15, 0.2) is 12.7 Å². The van der Waals surface area contributed by atoms with E-state index in [9.17, 15) is 0 Å². The Morgan fingerprint density at radius 2 is 0.821 bits per heavy atom. The van der Waals surface area contributed by atoms with Gasteiger partial charge in [0.15, 0.2) is 0 Å². The van der Waals surface area contributed by atoms with Gasteiger partial charge in [-0.25, -0.2) is 0 Å². The van der Waals surface area contributed by atoms with Crippen molar-refractivity contribution in [2.45, 2.75) is 162 Å². The van der Waals surface area contributed by atoms with E-state index in [4.69, 9.17) is 0 Å². The van der Waals surface area contributed by atoms with Gasteiger partial charge in [-0.2, -0.15) is 0 Å². The van der Waals surface area contributed by atoms with E-state index in [1.54, 1.807) is 0 Å². The molecule has 1 atom stereocenters. The van der Waals surface area contributed by atoms with Crippen molar-refractivity contribution in [1.29, 1.82) is 0 Å². The summed E-state index contributed by atoms with van der Waals surface area (Å²) < 4.78 is 0. The number of rotatable bonds is 24. The molecule has 0 heteroatoms. The monoisotopic (exact) mass is 392 g/mol. The first-order valence-corrected chi connectivity index (χ1v) is 13.4. The lowest BCUT2D eigenvalue weighted by Gasteiger charge is -2.11. The summed E-state index contributed by atoms with van der Waals surface area (Å²) in [6, 6.07) is 0. The lowest BCUT2D eigenvalue weighted by molar-refractivity contribution is 0.430. The Hall–Kier alpha value is -0.260. The predicted octanol–water partition coefficient (Wildman–Crippen LogP) is 10.8. The van der Waals surface area contributed by atoms with Crippen LogP contribution in [0.5, 0.6) is 0 Å². The van der Waals surface area contributed by atoms with Crippen LogP contribution in [0.25, 0.3) is 0 Å². The second-order valence-electron chi connectivity index (χ2n) is 9.48. The van der Waals surface area contributed by atoms with E-state index < -0.39 is 0 Å². The summed E-state index contributed by atoms with van der Waals surface area (Å²) in [5, 5.41) is 0. The van der Waals surface area contributed by atoms with E-state index in [0.717, 1.165) is 5.92 Å².